The van der Waals surface area contributed by atoms with Gasteiger partial charge < -0.3 is 9.64 Å². The summed E-state index contributed by atoms with van der Waals surface area (Å²) >= 11 is 6.41. The minimum absolute atomic E-state index is 0.172. The highest BCUT2D eigenvalue weighted by molar-refractivity contribution is 6.32. The van der Waals surface area contributed by atoms with Crippen LogP contribution in [0.1, 0.15) is 43.4 Å². The van der Waals surface area contributed by atoms with Gasteiger partial charge in [0.2, 0.25) is 11.8 Å². The van der Waals surface area contributed by atoms with Crippen LogP contribution in [0.25, 0.3) is 5.69 Å². The molecule has 2 fully saturated rings. The minimum Gasteiger partial charge on any atom is -0.437 e. The Morgan fingerprint density at radius 2 is 1.81 bits per heavy atom. The number of amides is 1. The van der Waals surface area contributed by atoms with Gasteiger partial charge in [0.1, 0.15) is 5.75 Å². The normalized spacial score (nSPS) is 15.9. The molecule has 1 heterocycles. The van der Waals surface area contributed by atoms with E-state index < -0.39 is 0 Å². The van der Waals surface area contributed by atoms with Gasteiger partial charge in [0.15, 0.2) is 0 Å². The maximum atomic E-state index is 13.2. The average molecular weight is 450 g/mol. The Morgan fingerprint density at radius 1 is 1.09 bits per heavy atom. The second kappa shape index (κ2) is 8.99. The lowest BCUT2D eigenvalue weighted by molar-refractivity contribution is -0.139. The lowest BCUT2D eigenvalue weighted by Crippen LogP contribution is -2.39. The van der Waals surface area contributed by atoms with E-state index in [-0.39, 0.29) is 11.8 Å². The summed E-state index contributed by atoms with van der Waals surface area (Å²) in [6.45, 7) is 3.30. The summed E-state index contributed by atoms with van der Waals surface area (Å²) < 4.78 is 8.20. The monoisotopic (exact) mass is 449 g/mol. The molecule has 0 saturated heterocycles. The van der Waals surface area contributed by atoms with Crippen LogP contribution in [0.2, 0.25) is 5.02 Å². The predicted molar refractivity (Wildman–Crippen MR) is 125 cm³/mol. The number of aromatic nitrogens is 2. The van der Waals surface area contributed by atoms with Gasteiger partial charge in [-0.25, -0.2) is 4.68 Å². The smallest absolute Gasteiger partial charge is 0.227 e. The zero-order valence-corrected chi connectivity index (χ0v) is 19.1. The third-order valence-corrected chi connectivity index (χ3v) is 6.78. The first-order valence-corrected chi connectivity index (χ1v) is 11.8. The number of aryl methyl sites for hydroxylation is 1. The zero-order valence-electron chi connectivity index (χ0n) is 18.3. The fourth-order valence-corrected chi connectivity index (χ4v) is 4.32. The highest BCUT2D eigenvalue weighted by Crippen LogP contribution is 2.37. The van der Waals surface area contributed by atoms with Crippen LogP contribution in [-0.2, 0) is 11.3 Å². The van der Waals surface area contributed by atoms with Crippen LogP contribution in [0.4, 0.5) is 0 Å². The van der Waals surface area contributed by atoms with Crippen molar-refractivity contribution < 1.29 is 9.53 Å². The molecule has 0 bridgehead atoms. The highest BCUT2D eigenvalue weighted by atomic mass is 35.5. The molecule has 0 spiro atoms. The fourth-order valence-electron chi connectivity index (χ4n) is 4.15. The van der Waals surface area contributed by atoms with Gasteiger partial charge in [-0.1, -0.05) is 48.4 Å². The first kappa shape index (κ1) is 21.1. The van der Waals surface area contributed by atoms with Gasteiger partial charge in [0.05, 0.1) is 28.5 Å². The molecule has 2 aliphatic rings. The van der Waals surface area contributed by atoms with Gasteiger partial charge in [0.25, 0.3) is 0 Å². The molecule has 5 rings (SSSR count). The summed E-state index contributed by atoms with van der Waals surface area (Å²) in [5.74, 6) is 2.26. The van der Waals surface area contributed by atoms with Gasteiger partial charge in [-0.2, -0.15) is 5.10 Å². The number of benzene rings is 2. The van der Waals surface area contributed by atoms with Crippen molar-refractivity contribution in [2.24, 2.45) is 11.8 Å². The third kappa shape index (κ3) is 4.40. The van der Waals surface area contributed by atoms with Gasteiger partial charge in [0, 0.05) is 12.5 Å². The Bertz CT molecular complexity index is 1100. The summed E-state index contributed by atoms with van der Waals surface area (Å²) in [6.07, 6.45) is 5.58. The predicted octanol–water partition coefficient (Wildman–Crippen LogP) is 6.17. The van der Waals surface area contributed by atoms with Crippen LogP contribution in [0.3, 0.4) is 0 Å². The number of nitrogens with zero attached hydrogens (tertiary/aromatic N) is 3. The lowest BCUT2D eigenvalue weighted by Gasteiger charge is -2.32. The maximum Gasteiger partial charge on any atom is 0.227 e. The van der Waals surface area contributed by atoms with E-state index in [4.69, 9.17) is 21.4 Å². The summed E-state index contributed by atoms with van der Waals surface area (Å²) in [4.78, 5) is 15.3. The maximum absolute atomic E-state index is 13.2. The number of rotatable bonds is 8. The number of carbonyl (C=O) groups is 1. The van der Waals surface area contributed by atoms with E-state index in [2.05, 4.69) is 0 Å². The first-order chi connectivity index (χ1) is 15.6. The summed E-state index contributed by atoms with van der Waals surface area (Å²) in [6, 6.07) is 17.4. The number of halogens is 1. The van der Waals surface area contributed by atoms with E-state index in [1.165, 1.54) is 12.8 Å². The van der Waals surface area contributed by atoms with Crippen LogP contribution in [0, 0.1) is 18.8 Å². The molecular formula is C26H28ClN3O2. The Labute approximate surface area is 193 Å². The summed E-state index contributed by atoms with van der Waals surface area (Å²) in [5.41, 5.74) is 2.70. The second-order valence-corrected chi connectivity index (χ2v) is 9.35. The molecule has 166 valence electrons. The largest absolute Gasteiger partial charge is 0.437 e. The molecule has 1 amide bonds. The number of hydrogen-bond donors (Lipinski definition) is 0. The van der Waals surface area contributed by atoms with Crippen LogP contribution < -0.4 is 4.74 Å². The molecule has 1 aromatic heterocycles. The van der Waals surface area contributed by atoms with Crippen molar-refractivity contribution in [2.75, 3.05) is 6.54 Å². The molecule has 5 nitrogen and oxygen atoms in total. The molecule has 0 aliphatic heterocycles. The molecule has 32 heavy (non-hydrogen) atoms. The van der Waals surface area contributed by atoms with Crippen molar-refractivity contribution in [3.8, 4) is 17.3 Å². The highest BCUT2D eigenvalue weighted by Gasteiger charge is 2.34. The van der Waals surface area contributed by atoms with Crippen molar-refractivity contribution in [1.29, 1.82) is 0 Å². The minimum atomic E-state index is 0.172. The Balaban J connectivity index is 1.53. The topological polar surface area (TPSA) is 47.4 Å². The summed E-state index contributed by atoms with van der Waals surface area (Å²) in [7, 11) is 0. The van der Waals surface area contributed by atoms with Crippen LogP contribution in [0.5, 0.6) is 11.6 Å². The van der Waals surface area contributed by atoms with Crippen LogP contribution in [-0.4, -0.2) is 27.1 Å². The van der Waals surface area contributed by atoms with Crippen molar-refractivity contribution in [3.63, 3.8) is 0 Å². The van der Waals surface area contributed by atoms with Crippen LogP contribution >= 0.6 is 11.6 Å². The molecule has 0 unspecified atom stereocenters. The van der Waals surface area contributed by atoms with E-state index in [1.54, 1.807) is 0 Å². The molecule has 2 aromatic carbocycles. The summed E-state index contributed by atoms with van der Waals surface area (Å²) in [5, 5.41) is 5.34. The van der Waals surface area contributed by atoms with Crippen molar-refractivity contribution in [3.05, 3.63) is 70.9 Å². The molecular weight excluding hydrogens is 422 g/mol. The average Bonchev–Trinajstić information content (AvgIpc) is 3.53. The lowest BCUT2D eigenvalue weighted by atomic mass is 9.84. The van der Waals surface area contributed by atoms with Crippen molar-refractivity contribution in [2.45, 2.75) is 45.6 Å². The molecule has 0 N–H and O–H groups in total. The molecule has 2 saturated carbocycles. The number of carbonyl (C=O) groups excluding carboxylic acids is 1. The quantitative estimate of drug-likeness (QED) is 0.413. The van der Waals surface area contributed by atoms with Gasteiger partial charge in [-0.15, -0.1) is 0 Å². The van der Waals surface area contributed by atoms with Gasteiger partial charge in [-0.05, 0) is 62.8 Å². The van der Waals surface area contributed by atoms with E-state index in [0.29, 0.717) is 29.1 Å². The zero-order chi connectivity index (χ0) is 22.1. The first-order valence-electron chi connectivity index (χ1n) is 11.4. The Hall–Kier alpha value is -2.79. The Morgan fingerprint density at radius 3 is 2.47 bits per heavy atom. The number of hydrogen-bond acceptors (Lipinski definition) is 3. The molecule has 0 radical (unpaired) electrons. The molecule has 0 atom stereocenters. The van der Waals surface area contributed by atoms with Crippen molar-refractivity contribution >= 4 is 17.5 Å². The van der Waals surface area contributed by atoms with Crippen molar-refractivity contribution in [1.82, 2.24) is 14.7 Å². The molecule has 6 heteroatoms. The van der Waals surface area contributed by atoms with Crippen LogP contribution in [0.15, 0.2) is 54.6 Å². The standard InChI is InChI=1S/C26H28ClN3O2/c1-18-22(17-29(16-19-14-15-19)25(31)20-8-7-9-20)26(32-24-13-6-5-12-23(24)27)30(28-18)21-10-3-2-4-11-21/h2-6,10-13,19-20H,7-9,14-17H2,1H3. The third-order valence-electron chi connectivity index (χ3n) is 6.47. The fraction of sp³-hybridized carbons (Fsp3) is 0.385. The van der Waals surface area contributed by atoms with Gasteiger partial charge in [-0.3, -0.25) is 4.79 Å². The molecule has 3 aromatic rings. The van der Waals surface area contributed by atoms with E-state index >= 15 is 0 Å². The SMILES string of the molecule is Cc1nn(-c2ccccc2)c(Oc2ccccc2Cl)c1CN(CC1CC1)C(=O)C1CCC1. The molecule has 2 aliphatic carbocycles. The van der Waals surface area contributed by atoms with E-state index in [0.717, 1.165) is 42.8 Å². The van der Waals surface area contributed by atoms with Gasteiger partial charge >= 0.3 is 0 Å². The van der Waals surface area contributed by atoms with E-state index in [1.807, 2.05) is 71.1 Å². The number of para-hydroxylation sites is 2. The second-order valence-electron chi connectivity index (χ2n) is 8.94. The Kier molecular flexibility index (Phi) is 5.92. The van der Waals surface area contributed by atoms with E-state index in [9.17, 15) is 4.79 Å². The number of ether oxygens (including phenoxy) is 1.